The molecule has 2 aromatic carbocycles. The molecule has 1 unspecified atom stereocenters. The molecule has 3 fully saturated rings. The molecule has 0 radical (unpaired) electrons. The second kappa shape index (κ2) is 9.20. The number of hydrogen-bond acceptors (Lipinski definition) is 6. The van der Waals surface area contributed by atoms with E-state index in [1.807, 2.05) is 9.80 Å². The molecule has 3 aromatic rings. The van der Waals surface area contributed by atoms with E-state index in [9.17, 15) is 18.4 Å². The normalized spacial score (nSPS) is 20.2. The summed E-state index contributed by atoms with van der Waals surface area (Å²) in [7, 11) is 0. The molecule has 1 atom stereocenters. The number of morpholine rings is 1. The largest absolute Gasteiger partial charge is 0.440 e. The van der Waals surface area contributed by atoms with Gasteiger partial charge in [-0.3, -0.25) is 9.59 Å². The van der Waals surface area contributed by atoms with Crippen LogP contribution >= 0.6 is 0 Å². The molecule has 3 saturated heterocycles. The molecule has 188 valence electrons. The standard InChI is InChI=1S/C27H27F2N3O4/c28-18-13-19(29)15-20(14-18)32-6-1-3-23(32)21-11-17(27(34)31-4-2-5-31)12-22-24(33)16-25(36-26(21)22)30-7-9-35-10-8-30/h11-16,23H,1-10H2. The number of carbonyl (C=O) groups is 1. The fraction of sp³-hybridized carbons (Fsp3) is 0.407. The van der Waals surface area contributed by atoms with Gasteiger partial charge in [0.2, 0.25) is 0 Å². The number of fused-ring (bicyclic) bond motifs is 1. The van der Waals surface area contributed by atoms with E-state index in [-0.39, 0.29) is 17.4 Å². The minimum atomic E-state index is -0.650. The summed E-state index contributed by atoms with van der Waals surface area (Å²) in [6, 6.07) is 8.07. The highest BCUT2D eigenvalue weighted by atomic mass is 19.1. The van der Waals surface area contributed by atoms with Crippen LogP contribution in [0.25, 0.3) is 11.0 Å². The van der Waals surface area contributed by atoms with E-state index in [0.29, 0.717) is 86.0 Å². The first kappa shape index (κ1) is 23.0. The third-order valence-corrected chi connectivity index (χ3v) is 7.35. The van der Waals surface area contributed by atoms with Crippen molar-refractivity contribution in [3.63, 3.8) is 0 Å². The van der Waals surface area contributed by atoms with Crippen molar-refractivity contribution in [3.05, 3.63) is 69.4 Å². The Morgan fingerprint density at radius 1 is 0.889 bits per heavy atom. The maximum absolute atomic E-state index is 14.1. The molecule has 0 aliphatic carbocycles. The van der Waals surface area contributed by atoms with Crippen LogP contribution in [0.4, 0.5) is 20.4 Å². The van der Waals surface area contributed by atoms with Gasteiger partial charge in [-0.1, -0.05) is 0 Å². The van der Waals surface area contributed by atoms with Crippen LogP contribution < -0.4 is 15.2 Å². The molecule has 1 aromatic heterocycles. The minimum absolute atomic E-state index is 0.123. The van der Waals surface area contributed by atoms with Crippen LogP contribution in [0.15, 0.2) is 45.6 Å². The predicted molar refractivity (Wildman–Crippen MR) is 132 cm³/mol. The van der Waals surface area contributed by atoms with E-state index in [2.05, 4.69) is 0 Å². The number of benzene rings is 2. The van der Waals surface area contributed by atoms with E-state index in [4.69, 9.17) is 9.15 Å². The van der Waals surface area contributed by atoms with Gasteiger partial charge in [0.15, 0.2) is 11.3 Å². The molecule has 36 heavy (non-hydrogen) atoms. The smallest absolute Gasteiger partial charge is 0.253 e. The van der Waals surface area contributed by atoms with E-state index in [1.165, 1.54) is 18.2 Å². The van der Waals surface area contributed by atoms with Gasteiger partial charge in [-0.2, -0.15) is 0 Å². The molecule has 4 heterocycles. The number of nitrogens with zero attached hydrogens (tertiary/aromatic N) is 3. The van der Waals surface area contributed by atoms with E-state index in [0.717, 1.165) is 18.9 Å². The van der Waals surface area contributed by atoms with Crippen molar-refractivity contribution in [2.45, 2.75) is 25.3 Å². The Kier molecular flexibility index (Phi) is 5.87. The zero-order valence-electron chi connectivity index (χ0n) is 19.8. The summed E-state index contributed by atoms with van der Waals surface area (Å²) in [6.45, 7) is 4.26. The van der Waals surface area contributed by atoms with Gasteiger partial charge in [-0.15, -0.1) is 0 Å². The van der Waals surface area contributed by atoms with Crippen LogP contribution in [0, 0.1) is 11.6 Å². The third-order valence-electron chi connectivity index (χ3n) is 7.35. The van der Waals surface area contributed by atoms with Gasteiger partial charge in [-0.05, 0) is 43.5 Å². The van der Waals surface area contributed by atoms with Crippen molar-refractivity contribution < 1.29 is 22.7 Å². The van der Waals surface area contributed by atoms with Gasteiger partial charge in [-0.25, -0.2) is 8.78 Å². The summed E-state index contributed by atoms with van der Waals surface area (Å²) in [6.07, 6.45) is 2.45. The average molecular weight is 496 g/mol. The SMILES string of the molecule is O=C(c1cc(C2CCCN2c2cc(F)cc(F)c2)c2oc(N3CCOCC3)cc(=O)c2c1)N1CCC1. The van der Waals surface area contributed by atoms with Gasteiger partial charge in [0.25, 0.3) is 5.91 Å². The molecular formula is C27H27F2N3O4. The fourth-order valence-electron chi connectivity index (χ4n) is 5.39. The Labute approximate surface area is 206 Å². The van der Waals surface area contributed by atoms with Crippen LogP contribution in [0.5, 0.6) is 0 Å². The molecule has 9 heteroatoms. The molecule has 0 N–H and O–H groups in total. The summed E-state index contributed by atoms with van der Waals surface area (Å²) in [4.78, 5) is 32.1. The Morgan fingerprint density at radius 3 is 2.33 bits per heavy atom. The highest BCUT2D eigenvalue weighted by molar-refractivity contribution is 5.99. The monoisotopic (exact) mass is 495 g/mol. The van der Waals surface area contributed by atoms with Gasteiger partial charge in [0.1, 0.15) is 17.2 Å². The van der Waals surface area contributed by atoms with E-state index < -0.39 is 11.6 Å². The van der Waals surface area contributed by atoms with Crippen molar-refractivity contribution >= 4 is 28.4 Å². The number of hydrogen-bond donors (Lipinski definition) is 0. The first-order valence-corrected chi connectivity index (χ1v) is 12.4. The number of carbonyl (C=O) groups excluding carboxylic acids is 1. The van der Waals surface area contributed by atoms with Crippen LogP contribution in [-0.2, 0) is 4.74 Å². The number of ether oxygens (including phenoxy) is 1. The maximum atomic E-state index is 14.1. The fourth-order valence-corrected chi connectivity index (χ4v) is 5.39. The molecule has 0 bridgehead atoms. The Morgan fingerprint density at radius 2 is 1.64 bits per heavy atom. The van der Waals surface area contributed by atoms with Crippen molar-refractivity contribution in [2.75, 3.05) is 55.7 Å². The molecule has 0 saturated carbocycles. The Hall–Kier alpha value is -3.46. The Balaban J connectivity index is 1.51. The summed E-state index contributed by atoms with van der Waals surface area (Å²) in [5.74, 6) is -0.964. The molecule has 7 nitrogen and oxygen atoms in total. The lowest BCUT2D eigenvalue weighted by atomic mass is 9.97. The van der Waals surface area contributed by atoms with Crippen LogP contribution in [0.2, 0.25) is 0 Å². The summed E-state index contributed by atoms with van der Waals surface area (Å²) in [5, 5.41) is 0.339. The predicted octanol–water partition coefficient (Wildman–Crippen LogP) is 4.10. The topological polar surface area (TPSA) is 66.2 Å². The van der Waals surface area contributed by atoms with Gasteiger partial charge >= 0.3 is 0 Å². The summed E-state index contributed by atoms with van der Waals surface area (Å²) >= 11 is 0. The second-order valence-electron chi connectivity index (χ2n) is 9.62. The van der Waals surface area contributed by atoms with Gasteiger partial charge in [0, 0.05) is 61.7 Å². The van der Waals surface area contributed by atoms with Crippen LogP contribution in [0.3, 0.4) is 0 Å². The lowest BCUT2D eigenvalue weighted by Gasteiger charge is -2.32. The van der Waals surface area contributed by atoms with Crippen molar-refractivity contribution in [2.24, 2.45) is 0 Å². The van der Waals surface area contributed by atoms with Crippen LogP contribution in [0.1, 0.15) is 41.2 Å². The van der Waals surface area contributed by atoms with Gasteiger partial charge in [0.05, 0.1) is 24.6 Å². The Bertz CT molecular complexity index is 1360. The van der Waals surface area contributed by atoms with Crippen molar-refractivity contribution in [1.29, 1.82) is 0 Å². The first-order chi connectivity index (χ1) is 17.5. The summed E-state index contributed by atoms with van der Waals surface area (Å²) < 4.78 is 40.0. The van der Waals surface area contributed by atoms with Crippen molar-refractivity contribution in [3.8, 4) is 0 Å². The maximum Gasteiger partial charge on any atom is 0.253 e. The number of anilines is 2. The van der Waals surface area contributed by atoms with Crippen LogP contribution in [-0.4, -0.2) is 56.7 Å². The molecular weight excluding hydrogens is 468 g/mol. The molecule has 3 aliphatic heterocycles. The number of rotatable bonds is 4. The molecule has 3 aliphatic rings. The van der Waals surface area contributed by atoms with Gasteiger partial charge < -0.3 is 23.9 Å². The van der Waals surface area contributed by atoms with E-state index in [1.54, 1.807) is 17.0 Å². The quantitative estimate of drug-likeness (QED) is 0.543. The number of halogens is 2. The lowest BCUT2D eigenvalue weighted by molar-refractivity contribution is 0.0652. The average Bonchev–Trinajstić information content (AvgIpc) is 3.32. The highest BCUT2D eigenvalue weighted by Gasteiger charge is 2.32. The molecule has 6 rings (SSSR count). The number of amides is 1. The molecule has 1 amide bonds. The van der Waals surface area contributed by atoms with E-state index >= 15 is 0 Å². The highest BCUT2D eigenvalue weighted by Crippen LogP contribution is 2.40. The van der Waals surface area contributed by atoms with Crippen molar-refractivity contribution in [1.82, 2.24) is 4.90 Å². The zero-order valence-corrected chi connectivity index (χ0v) is 19.8. The first-order valence-electron chi connectivity index (χ1n) is 12.4. The third kappa shape index (κ3) is 4.11. The zero-order chi connectivity index (χ0) is 24.8. The molecule has 0 spiro atoms. The number of likely N-dealkylation sites (tertiary alicyclic amines) is 1. The minimum Gasteiger partial charge on any atom is -0.440 e. The lowest BCUT2D eigenvalue weighted by Crippen LogP contribution is -2.42. The summed E-state index contributed by atoms with van der Waals surface area (Å²) in [5.41, 5.74) is 1.73. The second-order valence-corrected chi connectivity index (χ2v) is 9.62.